The van der Waals surface area contributed by atoms with Gasteiger partial charge in [-0.15, -0.1) is 0 Å². The topological polar surface area (TPSA) is 64.9 Å². The third-order valence-corrected chi connectivity index (χ3v) is 2.98. The fourth-order valence-corrected chi connectivity index (χ4v) is 2.39. The van der Waals surface area contributed by atoms with Crippen LogP contribution < -0.4 is 10.6 Å². The summed E-state index contributed by atoms with van der Waals surface area (Å²) in [7, 11) is 0. The molecule has 0 aromatic carbocycles. The molecule has 1 unspecified atom stereocenters. The van der Waals surface area contributed by atoms with Crippen LogP contribution in [0, 0.1) is 17.2 Å². The number of hydrogen-bond acceptors (Lipinski definition) is 3. The molecule has 1 amide bonds. The van der Waals surface area contributed by atoms with Crippen LogP contribution in [0.25, 0.3) is 0 Å². The lowest BCUT2D eigenvalue weighted by molar-refractivity contribution is -0.123. The molecular formula is C9H13N3O. The number of amides is 1. The Morgan fingerprint density at radius 1 is 1.62 bits per heavy atom. The van der Waals surface area contributed by atoms with Crippen LogP contribution in [-0.2, 0) is 4.79 Å². The summed E-state index contributed by atoms with van der Waals surface area (Å²) in [6, 6.07) is 2.42. The first-order chi connectivity index (χ1) is 6.31. The first-order valence-electron chi connectivity index (χ1n) is 4.72. The normalized spacial score (nSPS) is 35.8. The Kier molecular flexibility index (Phi) is 2.19. The van der Waals surface area contributed by atoms with Gasteiger partial charge < -0.3 is 10.6 Å². The molecule has 3 atom stereocenters. The van der Waals surface area contributed by atoms with Gasteiger partial charge in [0.25, 0.3) is 0 Å². The van der Waals surface area contributed by atoms with E-state index in [0.29, 0.717) is 12.0 Å². The van der Waals surface area contributed by atoms with Gasteiger partial charge in [-0.1, -0.05) is 0 Å². The molecule has 4 heteroatoms. The third kappa shape index (κ3) is 1.52. The number of nitrogens with zero attached hydrogens (tertiary/aromatic N) is 1. The number of nitrogens with one attached hydrogen (secondary N) is 2. The number of hydrogen-bond donors (Lipinski definition) is 2. The predicted molar refractivity (Wildman–Crippen MR) is 46.7 cm³/mol. The summed E-state index contributed by atoms with van der Waals surface area (Å²) >= 11 is 0. The van der Waals surface area contributed by atoms with Crippen molar-refractivity contribution in [3.8, 4) is 6.07 Å². The molecule has 0 radical (unpaired) electrons. The van der Waals surface area contributed by atoms with Crippen molar-refractivity contribution < 1.29 is 4.79 Å². The SMILES string of the molecule is N#CCNC(=O)[C@H]1NC2CC[C@H]1C2. The molecule has 1 saturated heterocycles. The summed E-state index contributed by atoms with van der Waals surface area (Å²) in [6.07, 6.45) is 3.49. The zero-order chi connectivity index (χ0) is 9.26. The molecule has 1 saturated carbocycles. The Bertz CT molecular complexity index is 258. The second-order valence-electron chi connectivity index (χ2n) is 3.79. The van der Waals surface area contributed by atoms with Crippen LogP contribution in [0.15, 0.2) is 0 Å². The Labute approximate surface area is 77.3 Å². The molecule has 70 valence electrons. The summed E-state index contributed by atoms with van der Waals surface area (Å²) in [5.74, 6) is 0.498. The fourth-order valence-electron chi connectivity index (χ4n) is 2.39. The van der Waals surface area contributed by atoms with E-state index in [9.17, 15) is 4.79 Å². The van der Waals surface area contributed by atoms with Crippen molar-refractivity contribution >= 4 is 5.91 Å². The van der Waals surface area contributed by atoms with E-state index in [1.165, 1.54) is 6.42 Å². The zero-order valence-corrected chi connectivity index (χ0v) is 7.42. The van der Waals surface area contributed by atoms with Gasteiger partial charge in [0, 0.05) is 6.04 Å². The fraction of sp³-hybridized carbons (Fsp3) is 0.778. The number of piperidine rings is 1. The summed E-state index contributed by atoms with van der Waals surface area (Å²) in [6.45, 7) is 0.119. The van der Waals surface area contributed by atoms with Crippen LogP contribution in [0.5, 0.6) is 0 Å². The lowest BCUT2D eigenvalue weighted by atomic mass is 9.99. The van der Waals surface area contributed by atoms with Crippen molar-refractivity contribution in [2.75, 3.05) is 6.54 Å². The molecule has 1 aliphatic heterocycles. The number of fused-ring (bicyclic) bond motifs is 2. The van der Waals surface area contributed by atoms with Crippen molar-refractivity contribution in [3.63, 3.8) is 0 Å². The van der Waals surface area contributed by atoms with Crippen molar-refractivity contribution in [1.29, 1.82) is 5.26 Å². The smallest absolute Gasteiger partial charge is 0.238 e. The molecule has 2 N–H and O–H groups in total. The summed E-state index contributed by atoms with van der Waals surface area (Å²) in [4.78, 5) is 11.5. The quantitative estimate of drug-likeness (QED) is 0.575. The van der Waals surface area contributed by atoms with Gasteiger partial charge in [-0.2, -0.15) is 5.26 Å². The summed E-state index contributed by atoms with van der Waals surface area (Å²) < 4.78 is 0. The van der Waals surface area contributed by atoms with Gasteiger partial charge in [0.05, 0.1) is 12.1 Å². The summed E-state index contributed by atoms with van der Waals surface area (Å²) in [5, 5.41) is 14.2. The van der Waals surface area contributed by atoms with E-state index < -0.39 is 0 Å². The average Bonchev–Trinajstić information content (AvgIpc) is 2.74. The van der Waals surface area contributed by atoms with E-state index >= 15 is 0 Å². The predicted octanol–water partition coefficient (Wildman–Crippen LogP) is -0.233. The molecule has 2 aliphatic rings. The maximum Gasteiger partial charge on any atom is 0.238 e. The van der Waals surface area contributed by atoms with Gasteiger partial charge in [-0.05, 0) is 25.2 Å². The maximum absolute atomic E-state index is 11.5. The highest BCUT2D eigenvalue weighted by molar-refractivity contribution is 5.82. The van der Waals surface area contributed by atoms with Crippen molar-refractivity contribution in [1.82, 2.24) is 10.6 Å². The van der Waals surface area contributed by atoms with Crippen LogP contribution in [0.1, 0.15) is 19.3 Å². The number of rotatable bonds is 2. The lowest BCUT2D eigenvalue weighted by Gasteiger charge is -2.21. The Morgan fingerprint density at radius 3 is 3.00 bits per heavy atom. The van der Waals surface area contributed by atoms with Crippen LogP contribution in [-0.4, -0.2) is 24.5 Å². The van der Waals surface area contributed by atoms with Crippen LogP contribution in [0.3, 0.4) is 0 Å². The monoisotopic (exact) mass is 179 g/mol. The van der Waals surface area contributed by atoms with E-state index in [-0.39, 0.29) is 18.5 Å². The average molecular weight is 179 g/mol. The molecule has 2 fully saturated rings. The molecule has 2 bridgehead atoms. The second kappa shape index (κ2) is 3.35. The van der Waals surface area contributed by atoms with Gasteiger partial charge in [0.1, 0.15) is 6.54 Å². The number of carbonyl (C=O) groups excluding carboxylic acids is 1. The molecule has 1 heterocycles. The first-order valence-corrected chi connectivity index (χ1v) is 4.72. The minimum atomic E-state index is -0.0351. The van der Waals surface area contributed by atoms with E-state index in [1.54, 1.807) is 0 Å². The first kappa shape index (κ1) is 8.52. The molecule has 2 rings (SSSR count). The molecule has 13 heavy (non-hydrogen) atoms. The Morgan fingerprint density at radius 2 is 2.46 bits per heavy atom. The molecule has 4 nitrogen and oxygen atoms in total. The van der Waals surface area contributed by atoms with Gasteiger partial charge in [-0.3, -0.25) is 4.79 Å². The Hall–Kier alpha value is -1.08. The van der Waals surface area contributed by atoms with Crippen LogP contribution in [0.2, 0.25) is 0 Å². The number of nitriles is 1. The van der Waals surface area contributed by atoms with Crippen molar-refractivity contribution in [2.45, 2.75) is 31.3 Å². The highest BCUT2D eigenvalue weighted by Gasteiger charge is 2.42. The largest absolute Gasteiger partial charge is 0.342 e. The maximum atomic E-state index is 11.5. The molecule has 0 aromatic rings. The zero-order valence-electron chi connectivity index (χ0n) is 7.42. The molecule has 0 spiro atoms. The van der Waals surface area contributed by atoms with E-state index in [0.717, 1.165) is 12.8 Å². The summed E-state index contributed by atoms with van der Waals surface area (Å²) in [5.41, 5.74) is 0. The van der Waals surface area contributed by atoms with E-state index in [4.69, 9.17) is 5.26 Å². The minimum Gasteiger partial charge on any atom is -0.342 e. The lowest BCUT2D eigenvalue weighted by Crippen LogP contribution is -2.47. The highest BCUT2D eigenvalue weighted by Crippen LogP contribution is 2.35. The second-order valence-corrected chi connectivity index (χ2v) is 3.79. The van der Waals surface area contributed by atoms with Gasteiger partial charge in [0.15, 0.2) is 0 Å². The standard InChI is InChI=1S/C9H13N3O/c10-3-4-11-9(13)8-6-1-2-7(5-6)12-8/h6-8,12H,1-2,4-5H2,(H,11,13)/t6-,7?,8-/m0/s1. The van der Waals surface area contributed by atoms with E-state index in [1.807, 2.05) is 6.07 Å². The van der Waals surface area contributed by atoms with E-state index in [2.05, 4.69) is 10.6 Å². The van der Waals surface area contributed by atoms with Gasteiger partial charge >= 0.3 is 0 Å². The number of carbonyl (C=O) groups is 1. The van der Waals surface area contributed by atoms with Gasteiger partial charge in [-0.25, -0.2) is 0 Å². The molecule has 1 aliphatic carbocycles. The highest BCUT2D eigenvalue weighted by atomic mass is 16.2. The Balaban J connectivity index is 1.88. The van der Waals surface area contributed by atoms with Crippen LogP contribution in [0.4, 0.5) is 0 Å². The minimum absolute atomic E-state index is 0.00579. The third-order valence-electron chi connectivity index (χ3n) is 2.98. The molecule has 0 aromatic heterocycles. The molecular weight excluding hydrogens is 166 g/mol. The van der Waals surface area contributed by atoms with Crippen molar-refractivity contribution in [2.24, 2.45) is 5.92 Å². The van der Waals surface area contributed by atoms with Crippen molar-refractivity contribution in [3.05, 3.63) is 0 Å². The van der Waals surface area contributed by atoms with Crippen LogP contribution >= 0.6 is 0 Å². The van der Waals surface area contributed by atoms with Gasteiger partial charge in [0.2, 0.25) is 5.91 Å².